The predicted molar refractivity (Wildman–Crippen MR) is 59.3 cm³/mol. The van der Waals surface area contributed by atoms with E-state index in [1.54, 1.807) is 6.20 Å². The zero-order valence-electron chi connectivity index (χ0n) is 8.23. The van der Waals surface area contributed by atoms with Gasteiger partial charge in [-0.05, 0) is 18.2 Å². The van der Waals surface area contributed by atoms with Gasteiger partial charge in [0.25, 0.3) is 0 Å². The summed E-state index contributed by atoms with van der Waals surface area (Å²) >= 11 is 0. The summed E-state index contributed by atoms with van der Waals surface area (Å²) in [5.41, 5.74) is 7.75. The predicted octanol–water partition coefficient (Wildman–Crippen LogP) is 1.50. The molecule has 0 fully saturated rings. The van der Waals surface area contributed by atoms with Crippen LogP contribution in [0.5, 0.6) is 0 Å². The average molecular weight is 197 g/mol. The summed E-state index contributed by atoms with van der Waals surface area (Å²) < 4.78 is 1.81. The minimum Gasteiger partial charge on any atom is -0.383 e. The van der Waals surface area contributed by atoms with Gasteiger partial charge in [0.15, 0.2) is 0 Å². The van der Waals surface area contributed by atoms with Crippen molar-refractivity contribution in [2.24, 2.45) is 7.05 Å². The van der Waals surface area contributed by atoms with Gasteiger partial charge >= 0.3 is 0 Å². The number of nitrogen functional groups attached to an aromatic ring is 1. The molecule has 0 bridgehead atoms. The number of aryl methyl sites for hydroxylation is 1. The number of pyridine rings is 1. The second-order valence-corrected chi connectivity index (χ2v) is 3.47. The standard InChI is InChI=1S/C11H9N4/c1-15-10-7-4-2-3-5-9(7)14-11(12)8(10)6-13-15/h3-6H,1H3,(H2,12,14). The lowest BCUT2D eigenvalue weighted by atomic mass is 10.1. The third-order valence-electron chi connectivity index (χ3n) is 2.55. The van der Waals surface area contributed by atoms with Crippen LogP contribution in [0.2, 0.25) is 0 Å². The Hall–Kier alpha value is -2.10. The van der Waals surface area contributed by atoms with E-state index in [0.29, 0.717) is 5.82 Å². The van der Waals surface area contributed by atoms with Crippen molar-refractivity contribution in [1.82, 2.24) is 14.8 Å². The van der Waals surface area contributed by atoms with Crippen molar-refractivity contribution < 1.29 is 0 Å². The molecule has 4 nitrogen and oxygen atoms in total. The van der Waals surface area contributed by atoms with E-state index in [0.717, 1.165) is 21.8 Å². The SMILES string of the molecule is Cn1ncc2c(N)nc3cc[c]cc3c21. The molecule has 3 aromatic rings. The fourth-order valence-corrected chi connectivity index (χ4v) is 1.84. The molecule has 3 rings (SSSR count). The third kappa shape index (κ3) is 1.01. The van der Waals surface area contributed by atoms with Gasteiger partial charge in [-0.1, -0.05) is 6.07 Å². The van der Waals surface area contributed by atoms with Crippen LogP contribution in [-0.4, -0.2) is 14.8 Å². The average Bonchev–Trinajstić information content (AvgIpc) is 2.62. The molecule has 4 heteroatoms. The quantitative estimate of drug-likeness (QED) is 0.594. The van der Waals surface area contributed by atoms with Crippen molar-refractivity contribution in [3.63, 3.8) is 0 Å². The fourth-order valence-electron chi connectivity index (χ4n) is 1.84. The van der Waals surface area contributed by atoms with E-state index < -0.39 is 0 Å². The molecule has 15 heavy (non-hydrogen) atoms. The van der Waals surface area contributed by atoms with E-state index in [4.69, 9.17) is 5.73 Å². The van der Waals surface area contributed by atoms with Crippen molar-refractivity contribution in [1.29, 1.82) is 0 Å². The van der Waals surface area contributed by atoms with Crippen LogP contribution in [0.15, 0.2) is 24.4 Å². The lowest BCUT2D eigenvalue weighted by molar-refractivity contribution is 0.799. The number of nitrogens with two attached hydrogens (primary N) is 1. The molecular weight excluding hydrogens is 188 g/mol. The molecule has 0 unspecified atom stereocenters. The molecule has 0 aliphatic heterocycles. The minimum absolute atomic E-state index is 0.525. The van der Waals surface area contributed by atoms with Crippen molar-refractivity contribution >= 4 is 27.6 Å². The summed E-state index contributed by atoms with van der Waals surface area (Å²) in [4.78, 5) is 4.32. The van der Waals surface area contributed by atoms with E-state index in [1.165, 1.54) is 0 Å². The Kier molecular flexibility index (Phi) is 1.48. The Morgan fingerprint density at radius 3 is 3.13 bits per heavy atom. The molecule has 0 aliphatic carbocycles. The Bertz CT molecular complexity index is 654. The van der Waals surface area contributed by atoms with Gasteiger partial charge in [-0.25, -0.2) is 4.98 Å². The molecule has 2 N–H and O–H groups in total. The molecule has 0 spiro atoms. The van der Waals surface area contributed by atoms with Crippen molar-refractivity contribution in [2.45, 2.75) is 0 Å². The largest absolute Gasteiger partial charge is 0.383 e. The van der Waals surface area contributed by atoms with Gasteiger partial charge in [0, 0.05) is 12.4 Å². The topological polar surface area (TPSA) is 56.7 Å². The first-order valence-electron chi connectivity index (χ1n) is 4.64. The number of benzene rings is 1. The first-order valence-corrected chi connectivity index (χ1v) is 4.64. The van der Waals surface area contributed by atoms with Crippen LogP contribution in [0.4, 0.5) is 5.82 Å². The van der Waals surface area contributed by atoms with Crippen LogP contribution < -0.4 is 5.73 Å². The highest BCUT2D eigenvalue weighted by Gasteiger charge is 2.09. The van der Waals surface area contributed by atoms with Gasteiger partial charge < -0.3 is 5.73 Å². The Labute approximate surface area is 86.3 Å². The zero-order chi connectivity index (χ0) is 10.4. The van der Waals surface area contributed by atoms with Crippen LogP contribution >= 0.6 is 0 Å². The second kappa shape index (κ2) is 2.70. The summed E-state index contributed by atoms with van der Waals surface area (Å²) in [5, 5.41) is 6.11. The van der Waals surface area contributed by atoms with Crippen LogP contribution in [0, 0.1) is 6.07 Å². The highest BCUT2D eigenvalue weighted by Crippen LogP contribution is 2.26. The minimum atomic E-state index is 0.525. The number of rotatable bonds is 0. The molecule has 73 valence electrons. The van der Waals surface area contributed by atoms with Crippen LogP contribution in [-0.2, 0) is 7.05 Å². The van der Waals surface area contributed by atoms with Gasteiger partial charge in [0.2, 0.25) is 0 Å². The number of nitrogens with zero attached hydrogens (tertiary/aromatic N) is 3. The van der Waals surface area contributed by atoms with Gasteiger partial charge in [0.1, 0.15) is 5.82 Å². The van der Waals surface area contributed by atoms with Crippen molar-refractivity contribution in [3.8, 4) is 0 Å². The van der Waals surface area contributed by atoms with E-state index >= 15 is 0 Å². The Balaban J connectivity index is 2.67. The molecule has 0 atom stereocenters. The number of hydrogen-bond donors (Lipinski definition) is 1. The monoisotopic (exact) mass is 197 g/mol. The molecule has 2 heterocycles. The third-order valence-corrected chi connectivity index (χ3v) is 2.55. The fraction of sp³-hybridized carbons (Fsp3) is 0.0909. The molecule has 1 radical (unpaired) electrons. The Morgan fingerprint density at radius 2 is 2.27 bits per heavy atom. The molecule has 0 amide bonds. The molecule has 2 aromatic heterocycles. The van der Waals surface area contributed by atoms with Crippen LogP contribution in [0.3, 0.4) is 0 Å². The van der Waals surface area contributed by atoms with E-state index in [1.807, 2.05) is 29.9 Å². The molecule has 0 saturated carbocycles. The first kappa shape index (κ1) is 8.23. The zero-order valence-corrected chi connectivity index (χ0v) is 8.23. The summed E-state index contributed by atoms with van der Waals surface area (Å²) in [7, 11) is 1.90. The van der Waals surface area contributed by atoms with Crippen LogP contribution in [0.25, 0.3) is 21.8 Å². The smallest absolute Gasteiger partial charge is 0.135 e. The van der Waals surface area contributed by atoms with Crippen LogP contribution in [0.1, 0.15) is 0 Å². The maximum Gasteiger partial charge on any atom is 0.135 e. The van der Waals surface area contributed by atoms with Crippen molar-refractivity contribution in [2.75, 3.05) is 5.73 Å². The van der Waals surface area contributed by atoms with Gasteiger partial charge in [-0.2, -0.15) is 5.10 Å². The summed E-state index contributed by atoms with van der Waals surface area (Å²) in [6, 6.07) is 8.68. The van der Waals surface area contributed by atoms with Crippen molar-refractivity contribution in [3.05, 3.63) is 30.5 Å². The van der Waals surface area contributed by atoms with E-state index in [2.05, 4.69) is 16.1 Å². The molecule has 1 aromatic carbocycles. The number of fused-ring (bicyclic) bond motifs is 3. The number of aromatic nitrogens is 3. The molecule has 0 aliphatic rings. The van der Waals surface area contributed by atoms with E-state index in [-0.39, 0.29) is 0 Å². The number of hydrogen-bond acceptors (Lipinski definition) is 3. The number of anilines is 1. The summed E-state index contributed by atoms with van der Waals surface area (Å²) in [5.74, 6) is 0.525. The summed E-state index contributed by atoms with van der Waals surface area (Å²) in [6.45, 7) is 0. The van der Waals surface area contributed by atoms with Gasteiger partial charge in [0.05, 0.1) is 22.6 Å². The van der Waals surface area contributed by atoms with Gasteiger partial charge in [-0.15, -0.1) is 0 Å². The van der Waals surface area contributed by atoms with E-state index in [9.17, 15) is 0 Å². The highest BCUT2D eigenvalue weighted by molar-refractivity contribution is 6.07. The maximum absolute atomic E-state index is 5.86. The Morgan fingerprint density at radius 1 is 1.40 bits per heavy atom. The normalized spacial score (nSPS) is 11.3. The highest BCUT2D eigenvalue weighted by atomic mass is 15.3. The summed E-state index contributed by atoms with van der Waals surface area (Å²) in [6.07, 6.45) is 1.74. The molecule has 0 saturated heterocycles. The molecular formula is C11H9N4. The lowest BCUT2D eigenvalue weighted by Crippen LogP contribution is -1.95. The lowest BCUT2D eigenvalue weighted by Gasteiger charge is -2.02. The first-order chi connectivity index (χ1) is 7.27. The maximum atomic E-state index is 5.86. The van der Waals surface area contributed by atoms with Gasteiger partial charge in [-0.3, -0.25) is 4.68 Å². The second-order valence-electron chi connectivity index (χ2n) is 3.47.